The van der Waals surface area contributed by atoms with Gasteiger partial charge in [-0.1, -0.05) is 11.2 Å². The number of aliphatic hydroxyl groups excluding tert-OH is 1. The Morgan fingerprint density at radius 1 is 1.19 bits per heavy atom. The van der Waals surface area contributed by atoms with Crippen molar-refractivity contribution in [1.82, 2.24) is 5.16 Å². The van der Waals surface area contributed by atoms with Crippen LogP contribution in [0.3, 0.4) is 0 Å². The minimum absolute atomic E-state index is 0.0822. The lowest BCUT2D eigenvalue weighted by Gasteiger charge is -2.23. The van der Waals surface area contributed by atoms with Crippen molar-refractivity contribution in [3.8, 4) is 11.5 Å². The van der Waals surface area contributed by atoms with Gasteiger partial charge in [0, 0.05) is 11.6 Å². The number of aliphatic hydroxyl groups is 1. The zero-order valence-corrected chi connectivity index (χ0v) is 17.2. The second-order valence-corrected chi connectivity index (χ2v) is 7.13. The van der Waals surface area contributed by atoms with Gasteiger partial charge in [-0.25, -0.2) is 4.39 Å². The van der Waals surface area contributed by atoms with Crippen molar-refractivity contribution in [2.75, 3.05) is 11.5 Å². The highest BCUT2D eigenvalue weighted by Gasteiger charge is 2.48. The quantitative estimate of drug-likeness (QED) is 0.353. The lowest BCUT2D eigenvalue weighted by molar-refractivity contribution is -0.132. The number of hydrogen-bond donors (Lipinski definition) is 2. The molecule has 1 aromatic heterocycles. The molecule has 1 aliphatic rings. The number of aryl methyl sites for hydroxylation is 1. The molecule has 0 aliphatic carbocycles. The van der Waals surface area contributed by atoms with Crippen LogP contribution in [0.2, 0.25) is 0 Å². The molecule has 8 nitrogen and oxygen atoms in total. The maximum atomic E-state index is 13.4. The van der Waals surface area contributed by atoms with Crippen molar-refractivity contribution in [3.05, 3.63) is 76.8 Å². The Morgan fingerprint density at radius 2 is 1.91 bits per heavy atom. The molecule has 32 heavy (non-hydrogen) atoms. The van der Waals surface area contributed by atoms with Gasteiger partial charge in [0.05, 0.1) is 18.2 Å². The number of nitrogens with zero attached hydrogens (tertiary/aromatic N) is 2. The molecule has 0 spiro atoms. The number of phenols is 1. The lowest BCUT2D eigenvalue weighted by atomic mass is 9.95. The number of benzene rings is 2. The summed E-state index contributed by atoms with van der Waals surface area (Å²) in [5.41, 5.74) is 0.333. The van der Waals surface area contributed by atoms with Gasteiger partial charge in [0.15, 0.2) is 17.3 Å². The van der Waals surface area contributed by atoms with Crippen LogP contribution in [-0.4, -0.2) is 33.7 Å². The number of aromatic hydroxyl groups is 1. The highest BCUT2D eigenvalue weighted by molar-refractivity contribution is 6.51. The summed E-state index contributed by atoms with van der Waals surface area (Å²) in [5.74, 6) is -2.32. The summed E-state index contributed by atoms with van der Waals surface area (Å²) in [6.07, 6.45) is 0. The second-order valence-electron chi connectivity index (χ2n) is 7.13. The van der Waals surface area contributed by atoms with E-state index in [2.05, 4.69) is 5.16 Å². The summed E-state index contributed by atoms with van der Waals surface area (Å²) in [5, 5.41) is 24.9. The van der Waals surface area contributed by atoms with Crippen LogP contribution in [0.25, 0.3) is 5.76 Å². The molecular formula is C23H19FN2O6. The summed E-state index contributed by atoms with van der Waals surface area (Å²) in [6, 6.07) is 9.62. The van der Waals surface area contributed by atoms with E-state index in [0.29, 0.717) is 11.3 Å². The molecule has 1 saturated heterocycles. The Hall–Kier alpha value is -4.14. The second kappa shape index (κ2) is 8.18. The maximum absolute atomic E-state index is 13.4. The van der Waals surface area contributed by atoms with Crippen LogP contribution < -0.4 is 9.64 Å². The van der Waals surface area contributed by atoms with Crippen molar-refractivity contribution >= 4 is 23.3 Å². The fraction of sp³-hybridized carbons (Fsp3) is 0.174. The molecule has 1 fully saturated rings. The molecule has 1 aliphatic heterocycles. The normalized spacial score (nSPS) is 17.7. The largest absolute Gasteiger partial charge is 0.507 e. The Balaban J connectivity index is 1.94. The Labute approximate surface area is 182 Å². The highest BCUT2D eigenvalue weighted by atomic mass is 19.1. The third-order valence-corrected chi connectivity index (χ3v) is 5.02. The summed E-state index contributed by atoms with van der Waals surface area (Å²) in [6.45, 7) is 3.65. The zero-order chi connectivity index (χ0) is 23.0. The molecule has 0 radical (unpaired) electrons. The number of carbonyl (C=O) groups excluding carboxylic acids is 2. The first kappa shape index (κ1) is 21.1. The fourth-order valence-corrected chi connectivity index (χ4v) is 3.59. The summed E-state index contributed by atoms with van der Waals surface area (Å²) >= 11 is 0. The third kappa shape index (κ3) is 3.58. The standard InChI is InChI=1S/C23H19FN2O6/c1-3-31-17-11-14(6-9-16(17)27)20-19(21(28)13-4-7-15(24)8-5-13)22(29)23(30)26(20)18-10-12(2)32-25-18/h4-11,20,27-28H,3H2,1-2H3/b21-19+. The molecule has 2 N–H and O–H groups in total. The molecule has 1 unspecified atom stereocenters. The maximum Gasteiger partial charge on any atom is 0.301 e. The van der Waals surface area contributed by atoms with E-state index in [-0.39, 0.29) is 35.1 Å². The molecule has 1 amide bonds. The molecule has 2 aromatic carbocycles. The third-order valence-electron chi connectivity index (χ3n) is 5.02. The summed E-state index contributed by atoms with van der Waals surface area (Å²) in [4.78, 5) is 27.1. The number of hydrogen-bond acceptors (Lipinski definition) is 7. The number of carbonyl (C=O) groups is 2. The minimum atomic E-state index is -1.09. The number of ether oxygens (including phenoxy) is 1. The van der Waals surface area contributed by atoms with Crippen LogP contribution in [0.5, 0.6) is 11.5 Å². The Kier molecular flexibility index (Phi) is 5.40. The molecule has 9 heteroatoms. The average Bonchev–Trinajstić information content (AvgIpc) is 3.31. The molecule has 2 heterocycles. The van der Waals surface area contributed by atoms with E-state index in [1.807, 2.05) is 0 Å². The number of phenolic OH excluding ortho intramolecular Hbond substituents is 1. The summed E-state index contributed by atoms with van der Waals surface area (Å²) in [7, 11) is 0. The zero-order valence-electron chi connectivity index (χ0n) is 17.2. The van der Waals surface area contributed by atoms with Gasteiger partial charge in [0.25, 0.3) is 5.78 Å². The first-order valence-electron chi connectivity index (χ1n) is 9.77. The number of rotatable bonds is 5. The van der Waals surface area contributed by atoms with Crippen molar-refractivity contribution in [1.29, 1.82) is 0 Å². The van der Waals surface area contributed by atoms with Crippen LogP contribution in [-0.2, 0) is 9.59 Å². The number of anilines is 1. The van der Waals surface area contributed by atoms with Gasteiger partial charge in [0.1, 0.15) is 17.3 Å². The monoisotopic (exact) mass is 438 g/mol. The van der Waals surface area contributed by atoms with Gasteiger partial charge in [-0.05, 0) is 55.8 Å². The SMILES string of the molecule is CCOc1cc(C2/C(=C(\O)c3ccc(F)cc3)C(=O)C(=O)N2c2cc(C)on2)ccc1O. The topological polar surface area (TPSA) is 113 Å². The van der Waals surface area contributed by atoms with Gasteiger partial charge in [0.2, 0.25) is 0 Å². The predicted molar refractivity (Wildman–Crippen MR) is 112 cm³/mol. The van der Waals surface area contributed by atoms with E-state index in [9.17, 15) is 24.2 Å². The molecule has 0 bridgehead atoms. The van der Waals surface area contributed by atoms with E-state index < -0.39 is 29.3 Å². The highest BCUT2D eigenvalue weighted by Crippen LogP contribution is 2.43. The Bertz CT molecular complexity index is 1230. The first-order valence-corrected chi connectivity index (χ1v) is 9.77. The molecule has 164 valence electrons. The average molecular weight is 438 g/mol. The van der Waals surface area contributed by atoms with E-state index in [1.54, 1.807) is 13.8 Å². The van der Waals surface area contributed by atoms with Crippen LogP contribution >= 0.6 is 0 Å². The number of Topliss-reactive ketones (excluding diaryl/α,β-unsaturated/α-hetero) is 1. The van der Waals surface area contributed by atoms with Crippen molar-refractivity contribution in [2.24, 2.45) is 0 Å². The predicted octanol–water partition coefficient (Wildman–Crippen LogP) is 3.85. The van der Waals surface area contributed by atoms with Crippen LogP contribution in [0.4, 0.5) is 10.2 Å². The lowest BCUT2D eigenvalue weighted by Crippen LogP contribution is -2.29. The van der Waals surface area contributed by atoms with Crippen LogP contribution in [0.15, 0.2) is 58.6 Å². The van der Waals surface area contributed by atoms with Gasteiger partial charge in [-0.3, -0.25) is 14.5 Å². The molecule has 0 saturated carbocycles. The fourth-order valence-electron chi connectivity index (χ4n) is 3.59. The smallest absolute Gasteiger partial charge is 0.301 e. The van der Waals surface area contributed by atoms with Gasteiger partial charge in [-0.15, -0.1) is 0 Å². The van der Waals surface area contributed by atoms with E-state index in [1.165, 1.54) is 36.4 Å². The Morgan fingerprint density at radius 3 is 2.53 bits per heavy atom. The minimum Gasteiger partial charge on any atom is -0.507 e. The molecule has 3 aromatic rings. The number of ketones is 1. The number of amides is 1. The van der Waals surface area contributed by atoms with E-state index in [0.717, 1.165) is 17.0 Å². The first-order chi connectivity index (χ1) is 15.3. The summed E-state index contributed by atoms with van der Waals surface area (Å²) < 4.78 is 23.9. The van der Waals surface area contributed by atoms with Gasteiger partial charge in [-0.2, -0.15) is 0 Å². The van der Waals surface area contributed by atoms with Crippen molar-refractivity contribution in [2.45, 2.75) is 19.9 Å². The van der Waals surface area contributed by atoms with Crippen molar-refractivity contribution in [3.63, 3.8) is 0 Å². The van der Waals surface area contributed by atoms with Crippen LogP contribution in [0.1, 0.15) is 29.9 Å². The van der Waals surface area contributed by atoms with Gasteiger partial charge >= 0.3 is 5.91 Å². The molecule has 4 rings (SSSR count). The van der Waals surface area contributed by atoms with Crippen LogP contribution in [0, 0.1) is 12.7 Å². The van der Waals surface area contributed by atoms with Crippen molar-refractivity contribution < 1.29 is 33.5 Å². The van der Waals surface area contributed by atoms with E-state index >= 15 is 0 Å². The number of halogens is 1. The molecular weight excluding hydrogens is 419 g/mol. The number of aromatic nitrogens is 1. The van der Waals surface area contributed by atoms with E-state index in [4.69, 9.17) is 9.26 Å². The molecule has 1 atom stereocenters. The van der Waals surface area contributed by atoms with Gasteiger partial charge < -0.3 is 19.5 Å².